The summed E-state index contributed by atoms with van der Waals surface area (Å²) in [5, 5.41) is 9.31. The summed E-state index contributed by atoms with van der Waals surface area (Å²) in [7, 11) is 1.66. The van der Waals surface area contributed by atoms with E-state index >= 15 is 0 Å². The number of anilines is 1. The second-order valence-electron chi connectivity index (χ2n) is 5.52. The zero-order valence-electron chi connectivity index (χ0n) is 14.8. The van der Waals surface area contributed by atoms with Crippen LogP contribution >= 0.6 is 15.9 Å². The van der Waals surface area contributed by atoms with Gasteiger partial charge in [0, 0.05) is 36.3 Å². The maximum absolute atomic E-state index is 12.1. The second kappa shape index (κ2) is 11.0. The van der Waals surface area contributed by atoms with Crippen molar-refractivity contribution in [1.82, 2.24) is 10.6 Å². The van der Waals surface area contributed by atoms with Crippen molar-refractivity contribution in [2.45, 2.75) is 33.2 Å². The van der Waals surface area contributed by atoms with Gasteiger partial charge in [-0.2, -0.15) is 0 Å². The SMILES string of the molecule is CCNC(=NCCC(=O)Nc1cc(Br)ccc1C)NC(C)COC. The van der Waals surface area contributed by atoms with Gasteiger partial charge in [-0.3, -0.25) is 9.79 Å². The number of nitrogens with zero attached hydrogens (tertiary/aromatic N) is 1. The second-order valence-corrected chi connectivity index (χ2v) is 6.43. The van der Waals surface area contributed by atoms with Crippen LogP contribution in [0.25, 0.3) is 0 Å². The van der Waals surface area contributed by atoms with Crippen molar-refractivity contribution in [2.24, 2.45) is 4.99 Å². The van der Waals surface area contributed by atoms with E-state index in [9.17, 15) is 4.79 Å². The Morgan fingerprint density at radius 2 is 2.17 bits per heavy atom. The molecule has 0 fully saturated rings. The van der Waals surface area contributed by atoms with Crippen LogP contribution in [-0.4, -0.2) is 44.7 Å². The Morgan fingerprint density at radius 1 is 1.42 bits per heavy atom. The van der Waals surface area contributed by atoms with Crippen molar-refractivity contribution >= 4 is 33.5 Å². The average molecular weight is 399 g/mol. The molecule has 1 atom stereocenters. The molecule has 3 N–H and O–H groups in total. The first-order chi connectivity index (χ1) is 11.5. The Hall–Kier alpha value is -1.60. The molecule has 24 heavy (non-hydrogen) atoms. The number of aryl methyl sites for hydroxylation is 1. The molecule has 0 radical (unpaired) electrons. The van der Waals surface area contributed by atoms with Crippen LogP contribution in [0.1, 0.15) is 25.8 Å². The van der Waals surface area contributed by atoms with Gasteiger partial charge in [-0.25, -0.2) is 0 Å². The molecule has 0 aromatic heterocycles. The number of hydrogen-bond acceptors (Lipinski definition) is 3. The number of nitrogens with one attached hydrogen (secondary N) is 3. The molecule has 0 saturated heterocycles. The van der Waals surface area contributed by atoms with Crippen LogP contribution in [0.5, 0.6) is 0 Å². The summed E-state index contributed by atoms with van der Waals surface area (Å²) in [6.07, 6.45) is 0.321. The van der Waals surface area contributed by atoms with Crippen LogP contribution in [0.4, 0.5) is 5.69 Å². The predicted octanol–water partition coefficient (Wildman–Crippen LogP) is 2.68. The Balaban J connectivity index is 2.52. The minimum absolute atomic E-state index is 0.0549. The van der Waals surface area contributed by atoms with E-state index in [1.165, 1.54) is 0 Å². The van der Waals surface area contributed by atoms with Gasteiger partial charge < -0.3 is 20.7 Å². The van der Waals surface area contributed by atoms with Crippen molar-refractivity contribution in [3.63, 3.8) is 0 Å². The molecule has 0 aliphatic rings. The third-order valence-corrected chi connectivity index (χ3v) is 3.72. The van der Waals surface area contributed by atoms with E-state index in [2.05, 4.69) is 36.9 Å². The number of guanidine groups is 1. The minimum Gasteiger partial charge on any atom is -0.383 e. The maximum Gasteiger partial charge on any atom is 0.226 e. The molecule has 1 aromatic carbocycles. The van der Waals surface area contributed by atoms with Gasteiger partial charge in [0.15, 0.2) is 5.96 Å². The number of benzene rings is 1. The molecule has 0 bridgehead atoms. The molecule has 1 unspecified atom stereocenters. The molecule has 134 valence electrons. The number of amides is 1. The van der Waals surface area contributed by atoms with Crippen molar-refractivity contribution in [2.75, 3.05) is 32.1 Å². The summed E-state index contributed by atoms with van der Waals surface area (Å²) in [6, 6.07) is 5.95. The minimum atomic E-state index is -0.0549. The van der Waals surface area contributed by atoms with Crippen molar-refractivity contribution in [1.29, 1.82) is 0 Å². The Morgan fingerprint density at radius 3 is 2.83 bits per heavy atom. The molecule has 1 rings (SSSR count). The van der Waals surface area contributed by atoms with Gasteiger partial charge in [0.2, 0.25) is 5.91 Å². The van der Waals surface area contributed by atoms with Crippen molar-refractivity contribution < 1.29 is 9.53 Å². The molecule has 1 aromatic rings. The summed E-state index contributed by atoms with van der Waals surface area (Å²) < 4.78 is 6.04. The fourth-order valence-electron chi connectivity index (χ4n) is 2.06. The van der Waals surface area contributed by atoms with Crippen molar-refractivity contribution in [3.05, 3.63) is 28.2 Å². The molecule has 0 heterocycles. The normalized spacial score (nSPS) is 12.6. The van der Waals surface area contributed by atoms with E-state index < -0.39 is 0 Å². The standard InChI is InChI=1S/C17H27BrN4O2/c1-5-19-17(21-13(3)11-24-4)20-9-8-16(23)22-15-10-14(18)7-6-12(15)2/h6-7,10,13H,5,8-9,11H2,1-4H3,(H,22,23)(H2,19,20,21). The van der Waals surface area contributed by atoms with E-state index in [4.69, 9.17) is 4.74 Å². The molecule has 7 heteroatoms. The predicted molar refractivity (Wildman–Crippen MR) is 103 cm³/mol. The van der Waals surface area contributed by atoms with Crippen LogP contribution in [0.2, 0.25) is 0 Å². The Labute approximate surface area is 152 Å². The first-order valence-corrected chi connectivity index (χ1v) is 8.85. The van der Waals surface area contributed by atoms with E-state index in [0.717, 1.165) is 22.3 Å². The van der Waals surface area contributed by atoms with E-state index in [1.807, 2.05) is 39.0 Å². The molecule has 0 spiro atoms. The smallest absolute Gasteiger partial charge is 0.226 e. The van der Waals surface area contributed by atoms with Gasteiger partial charge in [0.25, 0.3) is 0 Å². The quantitative estimate of drug-likeness (QED) is 0.464. The topological polar surface area (TPSA) is 74.8 Å². The van der Waals surface area contributed by atoms with Gasteiger partial charge in [0.1, 0.15) is 0 Å². The first-order valence-electron chi connectivity index (χ1n) is 8.06. The van der Waals surface area contributed by atoms with Gasteiger partial charge >= 0.3 is 0 Å². The zero-order chi connectivity index (χ0) is 17.9. The molecular formula is C17H27BrN4O2. The highest BCUT2D eigenvalue weighted by Gasteiger charge is 2.07. The molecule has 0 saturated carbocycles. The van der Waals surface area contributed by atoms with Crippen LogP contribution < -0.4 is 16.0 Å². The number of carbonyl (C=O) groups excluding carboxylic acids is 1. The lowest BCUT2D eigenvalue weighted by Crippen LogP contribution is -2.44. The Bertz CT molecular complexity index is 564. The fourth-order valence-corrected chi connectivity index (χ4v) is 2.42. The van der Waals surface area contributed by atoms with Crippen LogP contribution in [-0.2, 0) is 9.53 Å². The monoisotopic (exact) mass is 398 g/mol. The van der Waals surface area contributed by atoms with Crippen LogP contribution in [0.3, 0.4) is 0 Å². The van der Waals surface area contributed by atoms with Crippen LogP contribution in [0, 0.1) is 6.92 Å². The number of hydrogen-bond donors (Lipinski definition) is 3. The summed E-state index contributed by atoms with van der Waals surface area (Å²) >= 11 is 3.41. The largest absolute Gasteiger partial charge is 0.383 e. The van der Waals surface area contributed by atoms with Gasteiger partial charge in [0.05, 0.1) is 13.2 Å². The number of ether oxygens (including phenoxy) is 1. The summed E-state index contributed by atoms with van der Waals surface area (Å²) in [4.78, 5) is 16.5. The highest BCUT2D eigenvalue weighted by molar-refractivity contribution is 9.10. The molecule has 1 amide bonds. The van der Waals surface area contributed by atoms with Crippen molar-refractivity contribution in [3.8, 4) is 0 Å². The van der Waals surface area contributed by atoms with E-state index in [0.29, 0.717) is 25.5 Å². The summed E-state index contributed by atoms with van der Waals surface area (Å²) in [5.41, 5.74) is 1.84. The highest BCUT2D eigenvalue weighted by atomic mass is 79.9. The molecule has 0 aliphatic carbocycles. The fraction of sp³-hybridized carbons (Fsp3) is 0.529. The van der Waals surface area contributed by atoms with Gasteiger partial charge in [-0.05, 0) is 38.5 Å². The first kappa shape index (κ1) is 20.4. The van der Waals surface area contributed by atoms with Gasteiger partial charge in [-0.1, -0.05) is 22.0 Å². The third-order valence-electron chi connectivity index (χ3n) is 3.23. The number of halogens is 1. The molecular weight excluding hydrogens is 372 g/mol. The molecule has 0 aliphatic heterocycles. The number of aliphatic imine (C=N–C) groups is 1. The lowest BCUT2D eigenvalue weighted by molar-refractivity contribution is -0.116. The summed E-state index contributed by atoms with van der Waals surface area (Å²) in [6.45, 7) is 7.74. The lowest BCUT2D eigenvalue weighted by Gasteiger charge is -2.17. The van der Waals surface area contributed by atoms with Crippen LogP contribution in [0.15, 0.2) is 27.7 Å². The van der Waals surface area contributed by atoms with Gasteiger partial charge in [-0.15, -0.1) is 0 Å². The van der Waals surface area contributed by atoms with E-state index in [1.54, 1.807) is 7.11 Å². The average Bonchev–Trinajstić information content (AvgIpc) is 2.51. The number of carbonyl (C=O) groups is 1. The zero-order valence-corrected chi connectivity index (χ0v) is 16.4. The number of methoxy groups -OCH3 is 1. The maximum atomic E-state index is 12.1. The highest BCUT2D eigenvalue weighted by Crippen LogP contribution is 2.20. The Kier molecular flexibility index (Phi) is 9.41. The lowest BCUT2D eigenvalue weighted by atomic mass is 10.2. The third kappa shape index (κ3) is 7.79. The van der Waals surface area contributed by atoms with E-state index in [-0.39, 0.29) is 11.9 Å². The summed E-state index contributed by atoms with van der Waals surface area (Å²) in [5.74, 6) is 0.634. The molecule has 6 nitrogen and oxygen atoms in total. The number of rotatable bonds is 8.